The van der Waals surface area contributed by atoms with Crippen molar-refractivity contribution in [1.82, 2.24) is 20.4 Å². The number of rotatable bonds is 3. The summed E-state index contributed by atoms with van der Waals surface area (Å²) in [5, 5.41) is 10.0. The molecule has 0 fully saturated rings. The summed E-state index contributed by atoms with van der Waals surface area (Å²) < 4.78 is 13.6. The third-order valence-corrected chi connectivity index (χ3v) is 4.99. The Kier molecular flexibility index (Phi) is 5.10. The Morgan fingerprint density at radius 2 is 2.04 bits per heavy atom. The molecule has 0 saturated carbocycles. The van der Waals surface area contributed by atoms with E-state index in [9.17, 15) is 14.0 Å². The lowest BCUT2D eigenvalue weighted by atomic mass is 9.82. The molecule has 2 N–H and O–H groups in total. The van der Waals surface area contributed by atoms with Gasteiger partial charge in [0.2, 0.25) is 0 Å². The van der Waals surface area contributed by atoms with Crippen LogP contribution in [0.2, 0.25) is 0 Å². The number of aryl methyl sites for hydroxylation is 2. The van der Waals surface area contributed by atoms with Gasteiger partial charge in [0.25, 0.3) is 11.8 Å². The van der Waals surface area contributed by atoms with Crippen LogP contribution < -0.4 is 5.32 Å². The second-order valence-electron chi connectivity index (χ2n) is 7.74. The van der Waals surface area contributed by atoms with Gasteiger partial charge in [-0.15, -0.1) is 0 Å². The molecule has 0 atom stereocenters. The van der Waals surface area contributed by atoms with Crippen molar-refractivity contribution in [2.45, 2.75) is 40.0 Å². The average molecular weight is 384 g/mol. The SMILES string of the molecule is CCNC(=O)C1=CN(C(=O)c2ccc(F)c(C)c2)CC(C)(C)c2c(C)n[nH]c21. The van der Waals surface area contributed by atoms with Gasteiger partial charge in [0, 0.05) is 35.8 Å². The Balaban J connectivity index is 2.11. The van der Waals surface area contributed by atoms with Crippen molar-refractivity contribution in [3.8, 4) is 0 Å². The predicted octanol–water partition coefficient (Wildman–Crippen LogP) is 3.08. The molecule has 2 aromatic rings. The van der Waals surface area contributed by atoms with Gasteiger partial charge in [0.15, 0.2) is 0 Å². The first-order valence-electron chi connectivity index (χ1n) is 9.28. The molecule has 3 rings (SSSR count). The Bertz CT molecular complexity index is 975. The van der Waals surface area contributed by atoms with E-state index in [1.165, 1.54) is 23.1 Å². The van der Waals surface area contributed by atoms with Crippen molar-refractivity contribution in [3.05, 3.63) is 58.3 Å². The lowest BCUT2D eigenvalue weighted by molar-refractivity contribution is -0.115. The van der Waals surface area contributed by atoms with Crippen molar-refractivity contribution in [3.63, 3.8) is 0 Å². The quantitative estimate of drug-likeness (QED) is 0.854. The molecule has 1 aliphatic rings. The number of halogens is 1. The predicted molar refractivity (Wildman–Crippen MR) is 105 cm³/mol. The first-order valence-corrected chi connectivity index (χ1v) is 9.28. The number of aromatic amines is 1. The average Bonchev–Trinajstić information content (AvgIpc) is 2.96. The van der Waals surface area contributed by atoms with Crippen molar-refractivity contribution >= 4 is 17.4 Å². The maximum atomic E-state index is 13.6. The molecule has 6 nitrogen and oxygen atoms in total. The molecule has 1 aliphatic heterocycles. The molecule has 0 radical (unpaired) electrons. The van der Waals surface area contributed by atoms with Crippen LogP contribution in [0.4, 0.5) is 4.39 Å². The topological polar surface area (TPSA) is 78.1 Å². The van der Waals surface area contributed by atoms with Gasteiger partial charge in [-0.3, -0.25) is 14.7 Å². The van der Waals surface area contributed by atoms with E-state index in [2.05, 4.69) is 15.5 Å². The number of benzene rings is 1. The zero-order valence-corrected chi connectivity index (χ0v) is 16.8. The minimum Gasteiger partial charge on any atom is -0.352 e. The number of nitrogens with one attached hydrogen (secondary N) is 2. The number of nitrogens with zero attached hydrogens (tertiary/aromatic N) is 2. The summed E-state index contributed by atoms with van der Waals surface area (Å²) in [6.45, 7) is 10.2. The number of carbonyl (C=O) groups is 2. The van der Waals surface area contributed by atoms with Gasteiger partial charge in [-0.2, -0.15) is 5.10 Å². The molecule has 0 saturated heterocycles. The molecular formula is C21H25FN4O2. The highest BCUT2D eigenvalue weighted by Gasteiger charge is 2.37. The van der Waals surface area contributed by atoms with Gasteiger partial charge < -0.3 is 10.2 Å². The fourth-order valence-electron chi connectivity index (χ4n) is 3.73. The van der Waals surface area contributed by atoms with Gasteiger partial charge in [-0.1, -0.05) is 13.8 Å². The first kappa shape index (κ1) is 19.8. The normalized spacial score (nSPS) is 15.5. The van der Waals surface area contributed by atoms with Crippen LogP contribution in [0.3, 0.4) is 0 Å². The molecule has 1 aromatic carbocycles. The van der Waals surface area contributed by atoms with E-state index in [-0.39, 0.29) is 17.6 Å². The molecule has 0 unspecified atom stereocenters. The highest BCUT2D eigenvalue weighted by atomic mass is 19.1. The van der Waals surface area contributed by atoms with Crippen molar-refractivity contribution < 1.29 is 14.0 Å². The maximum absolute atomic E-state index is 13.6. The van der Waals surface area contributed by atoms with Crippen molar-refractivity contribution in [2.75, 3.05) is 13.1 Å². The van der Waals surface area contributed by atoms with E-state index in [1.807, 2.05) is 27.7 Å². The molecule has 2 amide bonds. The van der Waals surface area contributed by atoms with E-state index in [0.29, 0.717) is 35.5 Å². The lowest BCUT2D eigenvalue weighted by Gasteiger charge is -2.29. The number of hydrogen-bond acceptors (Lipinski definition) is 3. The van der Waals surface area contributed by atoms with E-state index in [0.717, 1.165) is 11.3 Å². The Morgan fingerprint density at radius 3 is 2.68 bits per heavy atom. The number of amides is 2. The van der Waals surface area contributed by atoms with Crippen LogP contribution >= 0.6 is 0 Å². The number of fused-ring (bicyclic) bond motifs is 1. The fraction of sp³-hybridized carbons (Fsp3) is 0.381. The number of H-pyrrole nitrogens is 1. The lowest BCUT2D eigenvalue weighted by Crippen LogP contribution is -2.37. The van der Waals surface area contributed by atoms with Crippen LogP contribution in [0, 0.1) is 19.7 Å². The summed E-state index contributed by atoms with van der Waals surface area (Å²) in [5.41, 5.74) is 3.02. The summed E-state index contributed by atoms with van der Waals surface area (Å²) in [5.74, 6) is -0.921. The standard InChI is InChI=1S/C21H25FN4O2/c1-6-23-19(27)15-10-26(20(28)14-7-8-16(22)12(2)9-14)11-21(4,5)17-13(3)24-25-18(15)17/h7-10H,6,11H2,1-5H3,(H,23,27)(H,24,25). The molecule has 0 bridgehead atoms. The third kappa shape index (κ3) is 3.44. The summed E-state index contributed by atoms with van der Waals surface area (Å²) in [6, 6.07) is 4.28. The second-order valence-corrected chi connectivity index (χ2v) is 7.74. The van der Waals surface area contributed by atoms with E-state index in [4.69, 9.17) is 0 Å². The summed E-state index contributed by atoms with van der Waals surface area (Å²) in [6.07, 6.45) is 1.57. The smallest absolute Gasteiger partial charge is 0.257 e. The van der Waals surface area contributed by atoms with Crippen molar-refractivity contribution in [2.24, 2.45) is 0 Å². The minimum atomic E-state index is -0.443. The van der Waals surface area contributed by atoms with E-state index in [1.54, 1.807) is 13.1 Å². The molecule has 2 heterocycles. The number of hydrogen-bond donors (Lipinski definition) is 2. The summed E-state index contributed by atoms with van der Waals surface area (Å²) in [7, 11) is 0. The molecule has 7 heteroatoms. The van der Waals surface area contributed by atoms with Crippen LogP contribution in [-0.4, -0.2) is 40.0 Å². The van der Waals surface area contributed by atoms with Crippen LogP contribution in [0.25, 0.3) is 5.57 Å². The largest absolute Gasteiger partial charge is 0.352 e. The molecule has 0 aliphatic carbocycles. The number of carbonyl (C=O) groups excluding carboxylic acids is 2. The summed E-state index contributed by atoms with van der Waals surface area (Å²) >= 11 is 0. The van der Waals surface area contributed by atoms with Crippen LogP contribution in [-0.2, 0) is 10.2 Å². The zero-order valence-electron chi connectivity index (χ0n) is 16.8. The van der Waals surface area contributed by atoms with Crippen LogP contribution in [0.1, 0.15) is 53.6 Å². The van der Waals surface area contributed by atoms with Crippen molar-refractivity contribution in [1.29, 1.82) is 0 Å². The molecule has 148 valence electrons. The molecule has 28 heavy (non-hydrogen) atoms. The Hall–Kier alpha value is -2.96. The van der Waals surface area contributed by atoms with Gasteiger partial charge >= 0.3 is 0 Å². The van der Waals surface area contributed by atoms with E-state index >= 15 is 0 Å². The monoisotopic (exact) mass is 384 g/mol. The minimum absolute atomic E-state index is 0.279. The van der Waals surface area contributed by atoms with Crippen LogP contribution in [0.5, 0.6) is 0 Å². The van der Waals surface area contributed by atoms with E-state index < -0.39 is 5.41 Å². The third-order valence-electron chi connectivity index (χ3n) is 4.99. The fourth-order valence-corrected chi connectivity index (χ4v) is 3.73. The molecular weight excluding hydrogens is 359 g/mol. The highest BCUT2D eigenvalue weighted by Crippen LogP contribution is 2.36. The van der Waals surface area contributed by atoms with Crippen LogP contribution in [0.15, 0.2) is 24.4 Å². The van der Waals surface area contributed by atoms with Gasteiger partial charge in [-0.05, 0) is 44.5 Å². The zero-order chi connectivity index (χ0) is 20.6. The maximum Gasteiger partial charge on any atom is 0.257 e. The Labute approximate surface area is 163 Å². The van der Waals surface area contributed by atoms with Gasteiger partial charge in [0.05, 0.1) is 17.0 Å². The second kappa shape index (κ2) is 7.22. The van der Waals surface area contributed by atoms with Gasteiger partial charge in [-0.25, -0.2) is 4.39 Å². The number of aromatic nitrogens is 2. The Morgan fingerprint density at radius 1 is 1.32 bits per heavy atom. The first-order chi connectivity index (χ1) is 13.2. The molecule has 1 aromatic heterocycles. The highest BCUT2D eigenvalue weighted by molar-refractivity contribution is 6.20. The van der Waals surface area contributed by atoms with Gasteiger partial charge in [0.1, 0.15) is 5.82 Å². The molecule has 0 spiro atoms. The summed E-state index contributed by atoms with van der Waals surface area (Å²) in [4.78, 5) is 27.4. The number of likely N-dealkylation sites (N-methyl/N-ethyl adjacent to an activating group) is 1.